The second-order valence-corrected chi connectivity index (χ2v) is 5.59. The molecule has 0 aromatic carbocycles. The number of amides is 1. The SMILES string of the molecule is CCn1cc(-c2[nH]ncc2C(=O)N2CCCCC(F)C2)cn1. The molecule has 1 aliphatic heterocycles. The third-order valence-corrected chi connectivity index (χ3v) is 4.02. The van der Waals surface area contributed by atoms with Crippen molar-refractivity contribution in [2.45, 2.75) is 38.9 Å². The first kappa shape index (κ1) is 14.7. The molecule has 0 bridgehead atoms. The Morgan fingerprint density at radius 2 is 2.32 bits per heavy atom. The Labute approximate surface area is 128 Å². The van der Waals surface area contributed by atoms with E-state index in [0.717, 1.165) is 24.9 Å². The van der Waals surface area contributed by atoms with E-state index < -0.39 is 6.17 Å². The van der Waals surface area contributed by atoms with Crippen LogP contribution in [0, 0.1) is 0 Å². The number of aromatic nitrogens is 4. The van der Waals surface area contributed by atoms with Gasteiger partial charge in [0.25, 0.3) is 5.91 Å². The number of carbonyl (C=O) groups excluding carboxylic acids is 1. The molecule has 6 nitrogen and oxygen atoms in total. The lowest BCUT2D eigenvalue weighted by molar-refractivity contribution is 0.0726. The standard InChI is InChI=1S/C15H20FN5O/c1-2-21-9-11(7-18-21)14-13(8-17-19-14)15(22)20-6-4-3-5-12(16)10-20/h7-9,12H,2-6,10H2,1H3,(H,17,19). The van der Waals surface area contributed by atoms with Gasteiger partial charge in [-0.25, -0.2) is 4.39 Å². The van der Waals surface area contributed by atoms with Crippen LogP contribution in [0.4, 0.5) is 4.39 Å². The van der Waals surface area contributed by atoms with E-state index in [0.29, 0.717) is 24.2 Å². The fourth-order valence-corrected chi connectivity index (χ4v) is 2.78. The molecule has 2 aromatic rings. The van der Waals surface area contributed by atoms with Gasteiger partial charge in [0.1, 0.15) is 6.17 Å². The quantitative estimate of drug-likeness (QED) is 0.946. The van der Waals surface area contributed by atoms with Crippen LogP contribution in [0.3, 0.4) is 0 Å². The molecule has 22 heavy (non-hydrogen) atoms. The van der Waals surface area contributed by atoms with Crippen LogP contribution in [0.25, 0.3) is 11.3 Å². The van der Waals surface area contributed by atoms with E-state index in [1.54, 1.807) is 15.8 Å². The largest absolute Gasteiger partial charge is 0.336 e. The lowest BCUT2D eigenvalue weighted by Crippen LogP contribution is -2.35. The Bertz CT molecular complexity index is 650. The van der Waals surface area contributed by atoms with Crippen LogP contribution in [0.5, 0.6) is 0 Å². The summed E-state index contributed by atoms with van der Waals surface area (Å²) in [7, 11) is 0. The zero-order valence-corrected chi connectivity index (χ0v) is 12.6. The minimum absolute atomic E-state index is 0.164. The van der Waals surface area contributed by atoms with Gasteiger partial charge < -0.3 is 4.90 Å². The number of aryl methyl sites for hydroxylation is 1. The van der Waals surface area contributed by atoms with Crippen LogP contribution < -0.4 is 0 Å². The first-order valence-corrected chi connectivity index (χ1v) is 7.68. The second-order valence-electron chi connectivity index (χ2n) is 5.59. The summed E-state index contributed by atoms with van der Waals surface area (Å²) in [6.07, 6.45) is 6.34. The number of alkyl halides is 1. The third-order valence-electron chi connectivity index (χ3n) is 4.02. The van der Waals surface area contributed by atoms with Gasteiger partial charge in [0.05, 0.1) is 30.2 Å². The van der Waals surface area contributed by atoms with Crippen molar-refractivity contribution in [3.05, 3.63) is 24.2 Å². The number of nitrogens with one attached hydrogen (secondary N) is 1. The van der Waals surface area contributed by atoms with Crippen LogP contribution in [-0.4, -0.2) is 50.0 Å². The monoisotopic (exact) mass is 305 g/mol. The average molecular weight is 305 g/mol. The smallest absolute Gasteiger partial charge is 0.257 e. The molecule has 1 saturated heterocycles. The fourth-order valence-electron chi connectivity index (χ4n) is 2.78. The molecule has 3 rings (SSSR count). The molecule has 1 unspecified atom stereocenters. The van der Waals surface area contributed by atoms with Gasteiger partial charge in [-0.2, -0.15) is 10.2 Å². The number of nitrogens with zero attached hydrogens (tertiary/aromatic N) is 4. The summed E-state index contributed by atoms with van der Waals surface area (Å²) in [6.45, 7) is 3.51. The zero-order chi connectivity index (χ0) is 15.5. The normalized spacial score (nSPS) is 19.2. The highest BCUT2D eigenvalue weighted by atomic mass is 19.1. The predicted molar refractivity (Wildman–Crippen MR) is 80.1 cm³/mol. The summed E-state index contributed by atoms with van der Waals surface area (Å²) in [5, 5.41) is 11.1. The molecule has 0 saturated carbocycles. The van der Waals surface area contributed by atoms with E-state index in [2.05, 4.69) is 15.3 Å². The van der Waals surface area contributed by atoms with Gasteiger partial charge in [0.15, 0.2) is 0 Å². The van der Waals surface area contributed by atoms with Gasteiger partial charge in [-0.15, -0.1) is 0 Å². The molecule has 7 heteroatoms. The van der Waals surface area contributed by atoms with Crippen molar-refractivity contribution in [2.24, 2.45) is 0 Å². The van der Waals surface area contributed by atoms with E-state index >= 15 is 0 Å². The number of likely N-dealkylation sites (tertiary alicyclic amines) is 1. The van der Waals surface area contributed by atoms with Gasteiger partial charge in [-0.3, -0.25) is 14.6 Å². The maximum atomic E-state index is 13.7. The molecular weight excluding hydrogens is 285 g/mol. The van der Waals surface area contributed by atoms with E-state index in [9.17, 15) is 9.18 Å². The lowest BCUT2D eigenvalue weighted by Gasteiger charge is -2.21. The van der Waals surface area contributed by atoms with Crippen molar-refractivity contribution >= 4 is 5.91 Å². The molecule has 2 aromatic heterocycles. The van der Waals surface area contributed by atoms with E-state index in [1.807, 2.05) is 13.1 Å². The van der Waals surface area contributed by atoms with Gasteiger partial charge >= 0.3 is 0 Å². The maximum Gasteiger partial charge on any atom is 0.257 e. The number of carbonyl (C=O) groups is 1. The van der Waals surface area contributed by atoms with Crippen LogP contribution in [0.1, 0.15) is 36.5 Å². The van der Waals surface area contributed by atoms with Crippen molar-refractivity contribution in [2.75, 3.05) is 13.1 Å². The summed E-state index contributed by atoms with van der Waals surface area (Å²) in [6, 6.07) is 0. The summed E-state index contributed by atoms with van der Waals surface area (Å²) in [5.41, 5.74) is 1.93. The van der Waals surface area contributed by atoms with Gasteiger partial charge in [0.2, 0.25) is 0 Å². The predicted octanol–water partition coefficient (Wildman–Crippen LogP) is 2.26. The minimum atomic E-state index is -0.940. The molecule has 118 valence electrons. The zero-order valence-electron chi connectivity index (χ0n) is 12.6. The number of hydrogen-bond acceptors (Lipinski definition) is 3. The van der Waals surface area contributed by atoms with E-state index in [4.69, 9.17) is 0 Å². The van der Waals surface area contributed by atoms with E-state index in [1.165, 1.54) is 6.20 Å². The molecule has 1 atom stereocenters. The number of aromatic amines is 1. The Morgan fingerprint density at radius 1 is 1.45 bits per heavy atom. The van der Waals surface area contributed by atoms with Crippen molar-refractivity contribution < 1.29 is 9.18 Å². The fraction of sp³-hybridized carbons (Fsp3) is 0.533. The average Bonchev–Trinajstić information content (AvgIpc) is 3.13. The summed E-state index contributed by atoms with van der Waals surface area (Å²) >= 11 is 0. The molecule has 0 spiro atoms. The first-order chi connectivity index (χ1) is 10.7. The first-order valence-electron chi connectivity index (χ1n) is 7.68. The number of rotatable bonds is 3. The summed E-state index contributed by atoms with van der Waals surface area (Å²) in [4.78, 5) is 14.3. The number of H-pyrrole nitrogens is 1. The highest BCUT2D eigenvalue weighted by Crippen LogP contribution is 2.23. The third kappa shape index (κ3) is 2.88. The van der Waals surface area contributed by atoms with Crippen molar-refractivity contribution in [3.63, 3.8) is 0 Å². The molecule has 1 fully saturated rings. The number of hydrogen-bond donors (Lipinski definition) is 1. The Hall–Kier alpha value is -2.18. The van der Waals surface area contributed by atoms with Gasteiger partial charge in [-0.05, 0) is 26.2 Å². The molecule has 1 amide bonds. The lowest BCUT2D eigenvalue weighted by atomic mass is 10.1. The maximum absolute atomic E-state index is 13.7. The van der Waals surface area contributed by atoms with Crippen molar-refractivity contribution in [1.82, 2.24) is 24.9 Å². The van der Waals surface area contributed by atoms with E-state index in [-0.39, 0.29) is 12.5 Å². The molecule has 1 aliphatic rings. The van der Waals surface area contributed by atoms with Gasteiger partial charge in [0, 0.05) is 24.8 Å². The topological polar surface area (TPSA) is 66.8 Å². The van der Waals surface area contributed by atoms with Crippen LogP contribution >= 0.6 is 0 Å². The molecule has 1 N–H and O–H groups in total. The Morgan fingerprint density at radius 3 is 3.09 bits per heavy atom. The Kier molecular flexibility index (Phi) is 4.22. The highest BCUT2D eigenvalue weighted by Gasteiger charge is 2.26. The van der Waals surface area contributed by atoms with Gasteiger partial charge in [-0.1, -0.05) is 0 Å². The van der Waals surface area contributed by atoms with Crippen molar-refractivity contribution in [3.8, 4) is 11.3 Å². The van der Waals surface area contributed by atoms with Crippen LogP contribution in [0.2, 0.25) is 0 Å². The number of halogens is 1. The Balaban J connectivity index is 1.85. The van der Waals surface area contributed by atoms with Crippen LogP contribution in [0.15, 0.2) is 18.6 Å². The van der Waals surface area contributed by atoms with Crippen molar-refractivity contribution in [1.29, 1.82) is 0 Å². The van der Waals surface area contributed by atoms with Crippen LogP contribution in [-0.2, 0) is 6.54 Å². The minimum Gasteiger partial charge on any atom is -0.336 e. The molecule has 3 heterocycles. The summed E-state index contributed by atoms with van der Waals surface area (Å²) in [5.74, 6) is -0.169. The highest BCUT2D eigenvalue weighted by molar-refractivity contribution is 5.99. The molecule has 0 radical (unpaired) electrons. The second kappa shape index (κ2) is 6.29. The summed E-state index contributed by atoms with van der Waals surface area (Å²) < 4.78 is 15.5. The molecule has 0 aliphatic carbocycles. The molecular formula is C15H20FN5O.